The summed E-state index contributed by atoms with van der Waals surface area (Å²) in [5, 5.41) is 0. The lowest BCUT2D eigenvalue weighted by atomic mass is 10.1. The van der Waals surface area contributed by atoms with Gasteiger partial charge < -0.3 is 4.74 Å². The molecule has 0 saturated carbocycles. The molecular formula is C14H22N2O4S2. The van der Waals surface area contributed by atoms with E-state index in [-0.39, 0.29) is 16.2 Å². The number of ether oxygens (including phenoxy) is 1. The molecule has 0 aliphatic carbocycles. The fraction of sp³-hybridized carbons (Fsp3) is 0.643. The van der Waals surface area contributed by atoms with Crippen molar-refractivity contribution in [2.45, 2.75) is 36.8 Å². The highest BCUT2D eigenvalue weighted by Crippen LogP contribution is 2.25. The summed E-state index contributed by atoms with van der Waals surface area (Å²) in [5.41, 5.74) is 0. The molecular weight excluding hydrogens is 324 g/mol. The highest BCUT2D eigenvalue weighted by molar-refractivity contribution is 7.89. The summed E-state index contributed by atoms with van der Waals surface area (Å²) in [5.74, 6) is 0.760. The van der Waals surface area contributed by atoms with E-state index in [1.54, 1.807) is 6.07 Å². The zero-order valence-electron chi connectivity index (χ0n) is 13.1. The number of sulfonamides is 1. The lowest BCUT2D eigenvalue weighted by molar-refractivity contribution is 0.326. The van der Waals surface area contributed by atoms with E-state index in [1.807, 2.05) is 20.8 Å². The SMILES string of the molecule is CCOc1ccc(S(=O)(=O)N2CCS(=O)C(C)(C)CC2)cn1. The second-order valence-electron chi connectivity index (χ2n) is 5.73. The fourth-order valence-corrected chi connectivity index (χ4v) is 4.98. The van der Waals surface area contributed by atoms with Gasteiger partial charge in [0.05, 0.1) is 12.8 Å². The highest BCUT2D eigenvalue weighted by Gasteiger charge is 2.34. The minimum absolute atomic E-state index is 0.140. The van der Waals surface area contributed by atoms with Crippen LogP contribution in [0.4, 0.5) is 0 Å². The van der Waals surface area contributed by atoms with Crippen LogP contribution in [0.5, 0.6) is 5.88 Å². The Balaban J connectivity index is 2.21. The van der Waals surface area contributed by atoms with Crippen molar-refractivity contribution in [3.8, 4) is 5.88 Å². The zero-order valence-corrected chi connectivity index (χ0v) is 14.7. The van der Waals surface area contributed by atoms with Crippen molar-refractivity contribution in [3.63, 3.8) is 0 Å². The van der Waals surface area contributed by atoms with Gasteiger partial charge in [-0.15, -0.1) is 0 Å². The first-order chi connectivity index (χ1) is 10.3. The Hall–Kier alpha value is -0.990. The van der Waals surface area contributed by atoms with Crippen molar-refractivity contribution in [1.29, 1.82) is 0 Å². The van der Waals surface area contributed by atoms with E-state index in [4.69, 9.17) is 4.74 Å². The molecule has 0 N–H and O–H groups in total. The normalized spacial score (nSPS) is 23.0. The van der Waals surface area contributed by atoms with Crippen molar-refractivity contribution in [1.82, 2.24) is 9.29 Å². The van der Waals surface area contributed by atoms with Gasteiger partial charge in [-0.25, -0.2) is 13.4 Å². The molecule has 1 aliphatic rings. The molecule has 2 heterocycles. The largest absolute Gasteiger partial charge is 0.478 e. The molecule has 1 aromatic heterocycles. The Bertz CT molecular complexity index is 641. The number of nitrogens with zero attached hydrogens (tertiary/aromatic N) is 2. The molecule has 1 atom stereocenters. The third-order valence-corrected chi connectivity index (χ3v) is 7.62. The van der Waals surface area contributed by atoms with Crippen molar-refractivity contribution in [3.05, 3.63) is 18.3 Å². The van der Waals surface area contributed by atoms with Gasteiger partial charge in [-0.2, -0.15) is 4.31 Å². The molecule has 0 aromatic carbocycles. The van der Waals surface area contributed by atoms with Crippen molar-refractivity contribution in [2.24, 2.45) is 0 Å². The van der Waals surface area contributed by atoms with Gasteiger partial charge in [0.15, 0.2) is 0 Å². The summed E-state index contributed by atoms with van der Waals surface area (Å²) < 4.78 is 43.7. The Morgan fingerprint density at radius 2 is 2.09 bits per heavy atom. The van der Waals surface area contributed by atoms with Crippen LogP contribution in [0.25, 0.3) is 0 Å². The summed E-state index contributed by atoms with van der Waals surface area (Å²) in [6.07, 6.45) is 1.89. The number of pyridine rings is 1. The summed E-state index contributed by atoms with van der Waals surface area (Å²) in [4.78, 5) is 4.15. The first-order valence-electron chi connectivity index (χ1n) is 7.25. The smallest absolute Gasteiger partial charge is 0.244 e. The topological polar surface area (TPSA) is 76.6 Å². The van der Waals surface area contributed by atoms with Gasteiger partial charge in [-0.3, -0.25) is 4.21 Å². The lowest BCUT2D eigenvalue weighted by Crippen LogP contribution is -2.33. The molecule has 2 rings (SSSR count). The summed E-state index contributed by atoms with van der Waals surface area (Å²) in [6, 6.07) is 3.05. The standard InChI is InChI=1S/C14H22N2O4S2/c1-4-20-13-6-5-12(11-15-13)22(18,19)16-8-7-14(2,3)21(17)10-9-16/h5-6,11H,4,7-10H2,1-3H3. The van der Waals surface area contributed by atoms with Crippen LogP contribution < -0.4 is 4.74 Å². The predicted molar refractivity (Wildman–Crippen MR) is 85.9 cm³/mol. The minimum atomic E-state index is -3.61. The maximum absolute atomic E-state index is 12.7. The van der Waals surface area contributed by atoms with E-state index < -0.39 is 20.8 Å². The van der Waals surface area contributed by atoms with Crippen LogP contribution in [0.2, 0.25) is 0 Å². The third-order valence-electron chi connectivity index (χ3n) is 3.74. The van der Waals surface area contributed by atoms with Crippen molar-refractivity contribution >= 4 is 20.8 Å². The van der Waals surface area contributed by atoms with Crippen LogP contribution >= 0.6 is 0 Å². The molecule has 1 aromatic rings. The van der Waals surface area contributed by atoms with Gasteiger partial charge in [0.1, 0.15) is 4.90 Å². The molecule has 1 unspecified atom stereocenters. The van der Waals surface area contributed by atoms with Gasteiger partial charge in [-0.1, -0.05) is 0 Å². The molecule has 124 valence electrons. The maximum Gasteiger partial charge on any atom is 0.244 e. The van der Waals surface area contributed by atoms with Crippen molar-refractivity contribution < 1.29 is 17.4 Å². The van der Waals surface area contributed by atoms with E-state index in [9.17, 15) is 12.6 Å². The average molecular weight is 346 g/mol. The summed E-state index contributed by atoms with van der Waals surface area (Å²) in [6.45, 7) is 6.78. The molecule has 0 amide bonds. The first-order valence-corrected chi connectivity index (χ1v) is 10.0. The van der Waals surface area contributed by atoms with Crippen LogP contribution in [0.1, 0.15) is 27.2 Å². The minimum Gasteiger partial charge on any atom is -0.478 e. The molecule has 0 spiro atoms. The van der Waals surface area contributed by atoms with Crippen molar-refractivity contribution in [2.75, 3.05) is 25.4 Å². The Labute approximate surface area is 134 Å². The molecule has 22 heavy (non-hydrogen) atoms. The Kier molecular flexibility index (Phi) is 5.24. The van der Waals surface area contributed by atoms with Crippen LogP contribution in [-0.2, 0) is 20.8 Å². The summed E-state index contributed by atoms with van der Waals surface area (Å²) >= 11 is 0. The molecule has 0 bridgehead atoms. The zero-order chi connectivity index (χ0) is 16.4. The Morgan fingerprint density at radius 1 is 1.36 bits per heavy atom. The number of aromatic nitrogens is 1. The van der Waals surface area contributed by atoms with E-state index in [1.165, 1.54) is 16.6 Å². The van der Waals surface area contributed by atoms with Crippen LogP contribution in [0.15, 0.2) is 23.2 Å². The van der Waals surface area contributed by atoms with Crippen LogP contribution in [-0.4, -0.2) is 52.1 Å². The maximum atomic E-state index is 12.7. The van der Waals surface area contributed by atoms with E-state index in [0.29, 0.717) is 31.2 Å². The first kappa shape index (κ1) is 17.4. The van der Waals surface area contributed by atoms with E-state index >= 15 is 0 Å². The van der Waals surface area contributed by atoms with Gasteiger partial charge >= 0.3 is 0 Å². The van der Waals surface area contributed by atoms with Gasteiger partial charge in [0, 0.05) is 40.5 Å². The number of rotatable bonds is 4. The number of hydrogen-bond acceptors (Lipinski definition) is 5. The molecule has 0 radical (unpaired) electrons. The van der Waals surface area contributed by atoms with Gasteiger partial charge in [0.25, 0.3) is 0 Å². The molecule has 6 nitrogen and oxygen atoms in total. The quantitative estimate of drug-likeness (QED) is 0.824. The third kappa shape index (κ3) is 3.67. The highest BCUT2D eigenvalue weighted by atomic mass is 32.2. The fourth-order valence-electron chi connectivity index (χ4n) is 2.22. The molecule has 8 heteroatoms. The molecule has 1 aliphatic heterocycles. The van der Waals surface area contributed by atoms with Crippen LogP contribution in [0, 0.1) is 0 Å². The molecule has 1 fully saturated rings. The monoisotopic (exact) mass is 346 g/mol. The lowest BCUT2D eigenvalue weighted by Gasteiger charge is -2.22. The summed E-state index contributed by atoms with van der Waals surface area (Å²) in [7, 11) is -4.64. The predicted octanol–water partition coefficient (Wildman–Crippen LogP) is 1.40. The number of hydrogen-bond donors (Lipinski definition) is 0. The van der Waals surface area contributed by atoms with Crippen LogP contribution in [0.3, 0.4) is 0 Å². The van der Waals surface area contributed by atoms with Gasteiger partial charge in [-0.05, 0) is 33.3 Å². The van der Waals surface area contributed by atoms with E-state index in [2.05, 4.69) is 4.98 Å². The van der Waals surface area contributed by atoms with E-state index in [0.717, 1.165) is 0 Å². The van der Waals surface area contributed by atoms with Gasteiger partial charge in [0.2, 0.25) is 15.9 Å². The second kappa shape index (κ2) is 6.64. The molecule has 1 saturated heterocycles. The Morgan fingerprint density at radius 3 is 2.68 bits per heavy atom. The average Bonchev–Trinajstić information content (AvgIpc) is 2.60. The second-order valence-corrected chi connectivity index (χ2v) is 9.87.